The zero-order valence-corrected chi connectivity index (χ0v) is 23.4. The minimum Gasteiger partial charge on any atom is -0.510 e. The number of Topliss-reactive ketones (excluding diaryl/α,β-unsaturated/α-hetero) is 2. The smallest absolute Gasteiger partial charge is 0.255 e. The molecule has 3 aliphatic rings. The molecule has 0 saturated heterocycles. The molecule has 1 aromatic carbocycles. The first-order valence-corrected chi connectivity index (χ1v) is 13.2. The number of aliphatic hydroxyl groups is 4. The van der Waals surface area contributed by atoms with Crippen LogP contribution in [0, 0.1) is 11.8 Å². The van der Waals surface area contributed by atoms with Gasteiger partial charge in [0.25, 0.3) is 5.91 Å². The molecular weight excluding hydrogens is 520 g/mol. The minimum atomic E-state index is -2.68. The molecule has 5 atom stereocenters. The number of aromatic hydroxyl groups is 1. The number of hydrogen-bond donors (Lipinski definition) is 7. The van der Waals surface area contributed by atoms with Gasteiger partial charge in [0.2, 0.25) is 5.78 Å². The van der Waals surface area contributed by atoms with Crippen LogP contribution in [-0.2, 0) is 22.6 Å². The summed E-state index contributed by atoms with van der Waals surface area (Å²) >= 11 is 0. The quantitative estimate of drug-likeness (QED) is 0.213. The highest BCUT2D eigenvalue weighted by atomic mass is 16.3. The van der Waals surface area contributed by atoms with E-state index < -0.39 is 58.0 Å². The molecule has 1 aromatic rings. The molecular formula is C28H38N4O8. The average molecular weight is 559 g/mol. The largest absolute Gasteiger partial charge is 0.510 e. The Hall–Kier alpha value is -3.45. The lowest BCUT2D eigenvalue weighted by Gasteiger charge is -2.50. The maximum absolute atomic E-state index is 14.0. The summed E-state index contributed by atoms with van der Waals surface area (Å²) in [5.74, 6) is -6.74. The van der Waals surface area contributed by atoms with Gasteiger partial charge in [0.1, 0.15) is 22.8 Å². The van der Waals surface area contributed by atoms with Crippen molar-refractivity contribution in [1.82, 2.24) is 10.2 Å². The van der Waals surface area contributed by atoms with Crippen LogP contribution in [0.15, 0.2) is 28.7 Å². The Morgan fingerprint density at radius 1 is 1.20 bits per heavy atom. The fraction of sp³-hybridized carbons (Fsp3) is 0.536. The van der Waals surface area contributed by atoms with Crippen molar-refractivity contribution < 1.29 is 39.9 Å². The summed E-state index contributed by atoms with van der Waals surface area (Å²) in [6, 6.07) is 0.681. The number of phenolic OH excluding ortho intramolecular Hbond substituents is 1. The summed E-state index contributed by atoms with van der Waals surface area (Å²) in [4.78, 5) is 42.9. The van der Waals surface area contributed by atoms with Crippen molar-refractivity contribution in [1.29, 1.82) is 0 Å². The van der Waals surface area contributed by atoms with Gasteiger partial charge in [-0.15, -0.1) is 0 Å². The molecule has 0 aromatic heterocycles. The lowest BCUT2D eigenvalue weighted by molar-refractivity contribution is -0.148. The third-order valence-corrected chi connectivity index (χ3v) is 8.46. The van der Waals surface area contributed by atoms with Gasteiger partial charge in [-0.1, -0.05) is 0 Å². The van der Waals surface area contributed by atoms with E-state index in [4.69, 9.17) is 5.73 Å². The van der Waals surface area contributed by atoms with E-state index in [-0.39, 0.29) is 48.9 Å². The van der Waals surface area contributed by atoms with Crippen LogP contribution in [0.3, 0.4) is 0 Å². The molecule has 3 aliphatic carbocycles. The van der Waals surface area contributed by atoms with Gasteiger partial charge in [-0.05, 0) is 57.8 Å². The number of allylic oxidation sites excluding steroid dienone is 1. The summed E-state index contributed by atoms with van der Waals surface area (Å²) in [6.07, 6.45) is 0.734. The molecule has 0 spiro atoms. The van der Waals surface area contributed by atoms with E-state index in [1.54, 1.807) is 34.3 Å². The van der Waals surface area contributed by atoms with Crippen molar-refractivity contribution in [3.05, 3.63) is 45.4 Å². The first-order valence-electron chi connectivity index (χ1n) is 13.2. The number of anilines is 1. The molecule has 12 nitrogen and oxygen atoms in total. The fourth-order valence-electron chi connectivity index (χ4n) is 6.47. The highest BCUT2D eigenvalue weighted by Gasteiger charge is 2.63. The lowest BCUT2D eigenvalue weighted by Crippen LogP contribution is -2.63. The predicted octanol–water partition coefficient (Wildman–Crippen LogP) is 0.0471. The molecule has 0 aliphatic heterocycles. The number of nitrogens with one attached hydrogen (secondary N) is 1. The van der Waals surface area contributed by atoms with E-state index in [9.17, 15) is 39.9 Å². The van der Waals surface area contributed by atoms with Crippen molar-refractivity contribution in [2.24, 2.45) is 17.6 Å². The second kappa shape index (κ2) is 10.5. The van der Waals surface area contributed by atoms with Crippen LogP contribution in [0.4, 0.5) is 5.69 Å². The van der Waals surface area contributed by atoms with E-state index in [1.165, 1.54) is 4.90 Å². The first-order chi connectivity index (χ1) is 18.7. The Labute approximate surface area is 232 Å². The van der Waals surface area contributed by atoms with Crippen molar-refractivity contribution in [2.45, 2.75) is 50.4 Å². The van der Waals surface area contributed by atoms with E-state index in [0.717, 1.165) is 0 Å². The van der Waals surface area contributed by atoms with Gasteiger partial charge in [0.15, 0.2) is 11.4 Å². The van der Waals surface area contributed by atoms with Crippen LogP contribution in [0.2, 0.25) is 0 Å². The summed E-state index contributed by atoms with van der Waals surface area (Å²) in [6.45, 7) is 2.07. The molecule has 1 amide bonds. The predicted molar refractivity (Wildman–Crippen MR) is 146 cm³/mol. The van der Waals surface area contributed by atoms with E-state index in [2.05, 4.69) is 5.32 Å². The molecule has 8 N–H and O–H groups in total. The zero-order chi connectivity index (χ0) is 29.8. The number of nitrogens with two attached hydrogens (primary N) is 1. The highest BCUT2D eigenvalue weighted by molar-refractivity contribution is 6.24. The first kappa shape index (κ1) is 29.5. The summed E-state index contributed by atoms with van der Waals surface area (Å²) in [5.41, 5.74) is 3.32. The number of hydrogen-bond acceptors (Lipinski definition) is 11. The minimum absolute atomic E-state index is 0.0116. The normalized spacial score (nSPS) is 26.9. The molecule has 218 valence electrons. The maximum atomic E-state index is 14.0. The van der Waals surface area contributed by atoms with Crippen LogP contribution < -0.4 is 16.0 Å². The number of ketones is 2. The van der Waals surface area contributed by atoms with Gasteiger partial charge >= 0.3 is 0 Å². The molecule has 0 saturated carbocycles. The standard InChI is InChI=1S/C28H38N4O8/c1-12(6-7-33)30-11-14-10-17(31(2)3)15-8-13-9-16-21(32(4)5)24(36)20(27(29)39)26(38)28(16,40)25(37)18(13)23(35)19(15)22(14)34/h10,12-13,16,21,30,33-34,36-37,40H,6-9,11H2,1-5H3,(H2,29,39)/t12?,13-,16+,21-,28+/m1/s1. The van der Waals surface area contributed by atoms with Crippen molar-refractivity contribution >= 4 is 23.2 Å². The Morgan fingerprint density at radius 2 is 1.85 bits per heavy atom. The zero-order valence-electron chi connectivity index (χ0n) is 23.4. The third-order valence-electron chi connectivity index (χ3n) is 8.46. The molecule has 12 heteroatoms. The number of phenols is 1. The summed E-state index contributed by atoms with van der Waals surface area (Å²) in [7, 11) is 6.79. The number of fused-ring (bicyclic) bond motifs is 3. The van der Waals surface area contributed by atoms with E-state index in [1.807, 2.05) is 11.8 Å². The number of carbonyl (C=O) groups is 3. The number of benzene rings is 1. The van der Waals surface area contributed by atoms with Crippen LogP contribution in [-0.4, -0.2) is 100 Å². The monoisotopic (exact) mass is 558 g/mol. The van der Waals surface area contributed by atoms with Crippen molar-refractivity contribution in [3.8, 4) is 5.75 Å². The van der Waals surface area contributed by atoms with Crippen LogP contribution in [0.25, 0.3) is 0 Å². The molecule has 1 unspecified atom stereocenters. The number of amides is 1. The number of likely N-dealkylation sites (N-methyl/N-ethyl adjacent to an activating group) is 1. The Kier molecular flexibility index (Phi) is 7.76. The lowest BCUT2D eigenvalue weighted by atomic mass is 9.58. The van der Waals surface area contributed by atoms with Crippen LogP contribution in [0.5, 0.6) is 5.75 Å². The number of carbonyl (C=O) groups excluding carboxylic acids is 3. The number of primary amides is 1. The van der Waals surface area contributed by atoms with E-state index in [0.29, 0.717) is 23.2 Å². The second-order valence-electron chi connectivity index (χ2n) is 11.4. The Bertz CT molecular complexity index is 1330. The third kappa shape index (κ3) is 4.35. The molecule has 0 radical (unpaired) electrons. The number of aliphatic hydroxyl groups excluding tert-OH is 3. The molecule has 40 heavy (non-hydrogen) atoms. The SMILES string of the molecule is CC(CCO)NCc1cc(N(C)C)c2c(c1O)C(=O)C1=C(O)[C@]3(O)C(=O)C(C(N)=O)=C(O)[C@H](N(C)C)[C@@H]3C[C@H]1C2. The van der Waals surface area contributed by atoms with E-state index >= 15 is 0 Å². The Morgan fingerprint density at radius 3 is 2.40 bits per heavy atom. The van der Waals surface area contributed by atoms with Gasteiger partial charge in [-0.3, -0.25) is 19.3 Å². The fourth-order valence-corrected chi connectivity index (χ4v) is 6.47. The van der Waals surface area contributed by atoms with Gasteiger partial charge in [-0.25, -0.2) is 0 Å². The Balaban J connectivity index is 1.90. The van der Waals surface area contributed by atoms with Crippen LogP contribution in [0.1, 0.15) is 41.3 Å². The summed E-state index contributed by atoms with van der Waals surface area (Å²) < 4.78 is 0. The maximum Gasteiger partial charge on any atom is 0.255 e. The van der Waals surface area contributed by atoms with Crippen molar-refractivity contribution in [2.75, 3.05) is 39.7 Å². The molecule has 0 bridgehead atoms. The van der Waals surface area contributed by atoms with Crippen molar-refractivity contribution in [3.63, 3.8) is 0 Å². The molecule has 4 rings (SSSR count). The summed E-state index contributed by atoms with van der Waals surface area (Å²) in [5, 5.41) is 57.8. The number of nitrogens with zero attached hydrogens (tertiary/aromatic N) is 2. The van der Waals surface area contributed by atoms with Gasteiger partial charge in [0, 0.05) is 56.0 Å². The average Bonchev–Trinajstić information content (AvgIpc) is 2.85. The molecule has 0 fully saturated rings. The number of rotatable bonds is 8. The second-order valence-corrected chi connectivity index (χ2v) is 11.4. The topological polar surface area (TPSA) is 197 Å². The van der Waals surface area contributed by atoms with Gasteiger partial charge in [-0.2, -0.15) is 0 Å². The van der Waals surface area contributed by atoms with Gasteiger partial charge in [0.05, 0.1) is 11.6 Å². The molecule has 0 heterocycles. The van der Waals surface area contributed by atoms with Gasteiger partial charge < -0.3 is 41.5 Å². The van der Waals surface area contributed by atoms with Crippen LogP contribution >= 0.6 is 0 Å². The highest BCUT2D eigenvalue weighted by Crippen LogP contribution is 2.53.